The third-order valence-electron chi connectivity index (χ3n) is 11.8. The van der Waals surface area contributed by atoms with Gasteiger partial charge >= 0.3 is 6.18 Å². The molecule has 18 heteroatoms. The lowest BCUT2D eigenvalue weighted by Crippen LogP contribution is -2.24. The van der Waals surface area contributed by atoms with Gasteiger partial charge in [0.05, 0.1) is 18.7 Å². The molecule has 6 aromatic carbocycles. The van der Waals surface area contributed by atoms with Gasteiger partial charge in [0.1, 0.15) is 21.4 Å². The number of carbonyl (C=O) groups is 2. The van der Waals surface area contributed by atoms with Gasteiger partial charge in [0.2, 0.25) is 13.6 Å². The summed E-state index contributed by atoms with van der Waals surface area (Å²) in [6.45, 7) is 6.76. The fourth-order valence-corrected chi connectivity index (χ4v) is 9.84. The average molecular weight is 1060 g/mol. The maximum absolute atomic E-state index is 13.0. The number of halogens is 4. The van der Waals surface area contributed by atoms with E-state index in [1.54, 1.807) is 11.4 Å². The molecule has 0 saturated heterocycles. The smallest absolute Gasteiger partial charge is 0.416 e. The van der Waals surface area contributed by atoms with E-state index in [9.17, 15) is 22.8 Å². The van der Waals surface area contributed by atoms with Crippen LogP contribution < -0.4 is 29.6 Å². The van der Waals surface area contributed by atoms with Crippen molar-refractivity contribution in [3.05, 3.63) is 221 Å². The quantitative estimate of drug-likeness (QED) is 0.0857. The fourth-order valence-electron chi connectivity index (χ4n) is 8.09. The van der Waals surface area contributed by atoms with E-state index in [-0.39, 0.29) is 31.7 Å². The first-order valence-corrected chi connectivity index (χ1v) is 25.7. The van der Waals surface area contributed by atoms with Gasteiger partial charge in [-0.05, 0) is 88.8 Å². The van der Waals surface area contributed by atoms with Crippen LogP contribution in [-0.2, 0) is 58.5 Å². The Kier molecular flexibility index (Phi) is 16.9. The maximum atomic E-state index is 13.0. The van der Waals surface area contributed by atoms with Gasteiger partial charge in [-0.3, -0.25) is 19.4 Å². The Morgan fingerprint density at radius 2 is 1.00 bits per heavy atom. The van der Waals surface area contributed by atoms with E-state index in [4.69, 9.17) is 30.5 Å². The highest BCUT2D eigenvalue weighted by Gasteiger charge is 2.30. The molecular formula is C56H50ClF3N6O6S2. The number of nitrogens with zero attached hydrogens (tertiary/aromatic N) is 4. The van der Waals surface area contributed by atoms with E-state index in [1.165, 1.54) is 34.3 Å². The van der Waals surface area contributed by atoms with Crippen molar-refractivity contribution in [2.24, 2.45) is 0 Å². The molecule has 0 unspecified atom stereocenters. The lowest BCUT2D eigenvalue weighted by Gasteiger charge is -2.22. The minimum absolute atomic E-state index is 0.0285. The standard InChI is InChI=1S/C29H26F3N3O3S.C27H24ClN3O3S/c1-19-5-7-20(8-6-19)14-35(15-22-9-10-25-26(12-22)38-18-37-25)16-27-34-24(17-39-27)28(36)33-13-21-3-2-4-23(11-21)29(30,31)32;28-22-9-6-20(7-10-22)14-31(15-21-8-11-24-25(12-21)34-18-33-24)16-26-30-23(17-35-26)27(32)29-13-19-4-2-1-3-5-19/h2-12,17H,13-16,18H2,1H3,(H,33,36);1-12,17H,13-16,18H2,(H,29,32). The van der Waals surface area contributed by atoms with Crippen molar-refractivity contribution < 1.29 is 41.7 Å². The number of benzene rings is 6. The molecule has 10 rings (SSSR count). The first-order chi connectivity index (χ1) is 35.8. The third-order valence-corrected chi connectivity index (χ3v) is 13.7. The molecule has 0 aliphatic carbocycles. The monoisotopic (exact) mass is 1060 g/mol. The molecule has 74 heavy (non-hydrogen) atoms. The Morgan fingerprint density at radius 3 is 1.53 bits per heavy atom. The lowest BCUT2D eigenvalue weighted by atomic mass is 10.1. The van der Waals surface area contributed by atoms with E-state index >= 15 is 0 Å². The maximum Gasteiger partial charge on any atom is 0.416 e. The number of aryl methyl sites for hydroxylation is 1. The van der Waals surface area contributed by atoms with Crippen molar-refractivity contribution in [3.63, 3.8) is 0 Å². The molecule has 8 aromatic rings. The van der Waals surface area contributed by atoms with Crippen LogP contribution in [0.25, 0.3) is 0 Å². The summed E-state index contributed by atoms with van der Waals surface area (Å²) < 4.78 is 60.9. The highest BCUT2D eigenvalue weighted by Crippen LogP contribution is 2.35. The van der Waals surface area contributed by atoms with Gasteiger partial charge in [0, 0.05) is 55.1 Å². The molecule has 12 nitrogen and oxygen atoms in total. The molecule has 2 aromatic heterocycles. The van der Waals surface area contributed by atoms with Gasteiger partial charge < -0.3 is 29.6 Å². The Balaban J connectivity index is 0.000000183. The van der Waals surface area contributed by atoms with Gasteiger partial charge in [-0.15, -0.1) is 22.7 Å². The van der Waals surface area contributed by atoms with Gasteiger partial charge in [0.25, 0.3) is 11.8 Å². The molecule has 2 aliphatic rings. The molecule has 380 valence electrons. The number of alkyl halides is 3. The number of hydrogen-bond acceptors (Lipinski definition) is 12. The minimum atomic E-state index is -4.44. The van der Waals surface area contributed by atoms with Crippen LogP contribution in [0.3, 0.4) is 0 Å². The first kappa shape index (κ1) is 51.6. The van der Waals surface area contributed by atoms with Crippen LogP contribution in [0.4, 0.5) is 13.2 Å². The largest absolute Gasteiger partial charge is 0.454 e. The number of aromatic nitrogens is 2. The van der Waals surface area contributed by atoms with Crippen LogP contribution >= 0.6 is 34.3 Å². The molecule has 0 spiro atoms. The zero-order chi connectivity index (χ0) is 51.4. The summed E-state index contributed by atoms with van der Waals surface area (Å²) in [7, 11) is 0. The lowest BCUT2D eigenvalue weighted by molar-refractivity contribution is -0.137. The third kappa shape index (κ3) is 14.5. The fraction of sp³-hybridized carbons (Fsp3) is 0.214. The second-order valence-corrected chi connectivity index (χ2v) is 19.9. The zero-order valence-electron chi connectivity index (χ0n) is 40.1. The van der Waals surface area contributed by atoms with Crippen molar-refractivity contribution in [2.75, 3.05) is 13.6 Å². The average Bonchev–Trinajstić information content (AvgIpc) is 4.26. The number of fused-ring (bicyclic) bond motifs is 2. The summed E-state index contributed by atoms with van der Waals surface area (Å²) in [5.74, 6) is 2.37. The highest BCUT2D eigenvalue weighted by atomic mass is 35.5. The van der Waals surface area contributed by atoms with E-state index in [0.717, 1.165) is 73.0 Å². The number of ether oxygens (including phenoxy) is 4. The zero-order valence-corrected chi connectivity index (χ0v) is 42.5. The summed E-state index contributed by atoms with van der Waals surface area (Å²) >= 11 is 8.94. The summed E-state index contributed by atoms with van der Waals surface area (Å²) in [5.41, 5.74) is 6.99. The Hall–Kier alpha value is -7.28. The number of amides is 2. The number of carbonyl (C=O) groups excluding carboxylic acids is 2. The number of thiazole rings is 2. The van der Waals surface area contributed by atoms with Crippen LogP contribution in [0.15, 0.2) is 150 Å². The first-order valence-electron chi connectivity index (χ1n) is 23.5. The summed E-state index contributed by atoms with van der Waals surface area (Å²) in [6, 6.07) is 42.8. The van der Waals surface area contributed by atoms with Gasteiger partial charge in [-0.25, -0.2) is 9.97 Å². The van der Waals surface area contributed by atoms with Crippen LogP contribution in [0.2, 0.25) is 5.02 Å². The normalized spacial score (nSPS) is 12.4. The van der Waals surface area contributed by atoms with Crippen molar-refractivity contribution in [2.45, 2.75) is 65.5 Å². The van der Waals surface area contributed by atoms with E-state index in [1.807, 2.05) is 103 Å². The summed E-state index contributed by atoms with van der Waals surface area (Å²) in [4.78, 5) is 39.0. The topological polar surface area (TPSA) is 127 Å². The number of nitrogens with one attached hydrogen (secondary N) is 2. The van der Waals surface area contributed by atoms with E-state index in [2.05, 4.69) is 54.7 Å². The summed E-state index contributed by atoms with van der Waals surface area (Å²) in [6.07, 6.45) is -4.44. The SMILES string of the molecule is Cc1ccc(CN(Cc2ccc3c(c2)OCO3)Cc2nc(C(=O)NCc3cccc(C(F)(F)F)c3)cs2)cc1.O=C(NCc1ccccc1)c1csc(CN(Cc2ccc(Cl)cc2)Cc2ccc3c(c2)OCO3)n1. The van der Waals surface area contributed by atoms with Crippen molar-refractivity contribution in [1.29, 1.82) is 0 Å². The molecule has 2 aliphatic heterocycles. The molecule has 0 atom stereocenters. The van der Waals surface area contributed by atoms with Crippen molar-refractivity contribution in [3.8, 4) is 23.0 Å². The predicted molar refractivity (Wildman–Crippen MR) is 278 cm³/mol. The molecule has 0 saturated carbocycles. The van der Waals surface area contributed by atoms with Crippen LogP contribution in [0.1, 0.15) is 75.5 Å². The van der Waals surface area contributed by atoms with Gasteiger partial charge in [-0.2, -0.15) is 13.2 Å². The Morgan fingerprint density at radius 1 is 0.541 bits per heavy atom. The van der Waals surface area contributed by atoms with Crippen molar-refractivity contribution >= 4 is 46.1 Å². The van der Waals surface area contributed by atoms with Gasteiger partial charge in [-0.1, -0.05) is 108 Å². The van der Waals surface area contributed by atoms with Crippen molar-refractivity contribution in [1.82, 2.24) is 30.4 Å². The van der Waals surface area contributed by atoms with Gasteiger partial charge in [0.15, 0.2) is 23.0 Å². The molecule has 0 fully saturated rings. The number of hydrogen-bond donors (Lipinski definition) is 2. The number of rotatable bonds is 18. The summed E-state index contributed by atoms with van der Waals surface area (Å²) in [5, 5.41) is 11.4. The molecule has 2 amide bonds. The van der Waals surface area contributed by atoms with E-state index in [0.29, 0.717) is 62.1 Å². The van der Waals surface area contributed by atoms with E-state index < -0.39 is 17.6 Å². The highest BCUT2D eigenvalue weighted by molar-refractivity contribution is 7.10. The molecule has 4 heterocycles. The Labute approximate surface area is 439 Å². The second-order valence-electron chi connectivity index (χ2n) is 17.6. The molecule has 2 N–H and O–H groups in total. The van der Waals surface area contributed by atoms with Crippen LogP contribution in [0.5, 0.6) is 23.0 Å². The van der Waals surface area contributed by atoms with Crippen LogP contribution in [0, 0.1) is 6.92 Å². The Bertz CT molecular complexity index is 3180. The molecular weight excluding hydrogens is 1010 g/mol. The minimum Gasteiger partial charge on any atom is -0.454 e. The molecule has 0 radical (unpaired) electrons. The predicted octanol–water partition coefficient (Wildman–Crippen LogP) is 12.0. The van der Waals surface area contributed by atoms with Crippen LogP contribution in [-0.4, -0.2) is 45.2 Å². The second kappa shape index (κ2) is 24.2. The molecule has 0 bridgehead atoms.